The van der Waals surface area contributed by atoms with E-state index in [-0.39, 0.29) is 17.2 Å². The summed E-state index contributed by atoms with van der Waals surface area (Å²) in [6.07, 6.45) is 0.0855. The van der Waals surface area contributed by atoms with Gasteiger partial charge in [0.25, 0.3) is 10.0 Å². The molecule has 1 aromatic carbocycles. The first-order valence-corrected chi connectivity index (χ1v) is 7.18. The van der Waals surface area contributed by atoms with E-state index < -0.39 is 15.9 Å². The first-order chi connectivity index (χ1) is 8.76. The summed E-state index contributed by atoms with van der Waals surface area (Å²) in [7, 11) is -3.85. The minimum Gasteiger partial charge on any atom is -0.326 e. The Labute approximate surface area is 112 Å². The number of hydrogen-bond acceptors (Lipinski definition) is 4. The Bertz CT molecular complexity index is 608. The molecule has 0 unspecified atom stereocenters. The molecule has 0 aliphatic carbocycles. The molecule has 2 amide bonds. The molecule has 0 heterocycles. The number of carbonyl (C=O) groups excluding carboxylic acids is 2. The summed E-state index contributed by atoms with van der Waals surface area (Å²) in [5, 5.41) is 2.58. The number of sulfonamides is 1. The maximum Gasteiger partial charge on any atom is 0.264 e. The second kappa shape index (κ2) is 5.83. The Hall–Kier alpha value is -1.89. The van der Waals surface area contributed by atoms with Crippen LogP contribution in [0.1, 0.15) is 25.8 Å². The van der Waals surface area contributed by atoms with Gasteiger partial charge in [-0.3, -0.25) is 9.59 Å². The second-order valence-electron chi connectivity index (χ2n) is 4.04. The molecule has 0 aliphatic heterocycles. The fourth-order valence-corrected chi connectivity index (χ4v) is 2.56. The Balaban J connectivity index is 3.06. The molecule has 7 heteroatoms. The summed E-state index contributed by atoms with van der Waals surface area (Å²) in [5.74, 6) is -0.804. The van der Waals surface area contributed by atoms with E-state index in [4.69, 9.17) is 0 Å². The Morgan fingerprint density at radius 1 is 1.26 bits per heavy atom. The number of carbonyl (C=O) groups is 2. The molecule has 0 atom stereocenters. The van der Waals surface area contributed by atoms with E-state index in [1.807, 2.05) is 4.72 Å². The predicted molar refractivity (Wildman–Crippen MR) is 71.1 cm³/mol. The molecular formula is C12H16N2O4S. The van der Waals surface area contributed by atoms with E-state index in [9.17, 15) is 18.0 Å². The molecule has 0 aromatic heterocycles. The summed E-state index contributed by atoms with van der Waals surface area (Å²) in [6.45, 7) is 4.60. The first-order valence-electron chi connectivity index (χ1n) is 5.70. The van der Waals surface area contributed by atoms with Gasteiger partial charge in [0.05, 0.1) is 4.90 Å². The average molecular weight is 284 g/mol. The van der Waals surface area contributed by atoms with Gasteiger partial charge in [-0.2, -0.15) is 0 Å². The average Bonchev–Trinajstić information content (AvgIpc) is 2.30. The summed E-state index contributed by atoms with van der Waals surface area (Å²) in [5.41, 5.74) is 1.13. The van der Waals surface area contributed by atoms with Crippen molar-refractivity contribution in [3.8, 4) is 0 Å². The van der Waals surface area contributed by atoms with Crippen molar-refractivity contribution in [3.05, 3.63) is 23.8 Å². The Morgan fingerprint density at radius 3 is 2.37 bits per heavy atom. The highest BCUT2D eigenvalue weighted by atomic mass is 32.2. The molecule has 0 spiro atoms. The lowest BCUT2D eigenvalue weighted by atomic mass is 10.2. The topological polar surface area (TPSA) is 92.3 Å². The molecule has 0 saturated heterocycles. The zero-order valence-corrected chi connectivity index (χ0v) is 11.8. The normalized spacial score (nSPS) is 10.9. The molecule has 2 N–H and O–H groups in total. The highest BCUT2D eigenvalue weighted by Crippen LogP contribution is 2.19. The molecule has 0 radical (unpaired) electrons. The van der Waals surface area contributed by atoms with E-state index in [2.05, 4.69) is 5.32 Å². The summed E-state index contributed by atoms with van der Waals surface area (Å²) in [6, 6.07) is 4.22. The number of rotatable bonds is 4. The molecule has 19 heavy (non-hydrogen) atoms. The third kappa shape index (κ3) is 4.06. The van der Waals surface area contributed by atoms with Crippen LogP contribution in [0.3, 0.4) is 0 Å². The van der Waals surface area contributed by atoms with Gasteiger partial charge in [0, 0.05) is 19.0 Å². The summed E-state index contributed by atoms with van der Waals surface area (Å²) in [4.78, 5) is 22.1. The van der Waals surface area contributed by atoms with Crippen LogP contribution in [0.4, 0.5) is 5.69 Å². The third-order valence-corrected chi connectivity index (χ3v) is 3.76. The maximum absolute atomic E-state index is 11.9. The quantitative estimate of drug-likeness (QED) is 0.868. The fourth-order valence-electron chi connectivity index (χ4n) is 1.41. The molecule has 1 aromatic rings. The van der Waals surface area contributed by atoms with Crippen molar-refractivity contribution in [2.24, 2.45) is 0 Å². The monoisotopic (exact) mass is 284 g/mol. The van der Waals surface area contributed by atoms with Gasteiger partial charge in [-0.25, -0.2) is 13.1 Å². The predicted octanol–water partition coefficient (Wildman–Crippen LogP) is 1.17. The van der Waals surface area contributed by atoms with Gasteiger partial charge in [-0.15, -0.1) is 0 Å². The van der Waals surface area contributed by atoms with Crippen molar-refractivity contribution in [3.63, 3.8) is 0 Å². The molecular weight excluding hydrogens is 268 g/mol. The number of anilines is 1. The third-order valence-electron chi connectivity index (χ3n) is 2.39. The van der Waals surface area contributed by atoms with E-state index in [1.54, 1.807) is 13.8 Å². The largest absolute Gasteiger partial charge is 0.326 e. The smallest absolute Gasteiger partial charge is 0.264 e. The zero-order chi connectivity index (χ0) is 14.6. The van der Waals surface area contributed by atoms with Crippen molar-refractivity contribution in [2.75, 3.05) is 5.32 Å². The number of amides is 2. The first kappa shape index (κ1) is 15.2. The minimum atomic E-state index is -3.85. The van der Waals surface area contributed by atoms with E-state index in [0.717, 1.165) is 0 Å². The highest BCUT2D eigenvalue weighted by molar-refractivity contribution is 7.90. The van der Waals surface area contributed by atoms with Crippen molar-refractivity contribution in [2.45, 2.75) is 32.1 Å². The number of aryl methyl sites for hydroxylation is 1. The van der Waals surface area contributed by atoms with E-state index in [0.29, 0.717) is 11.3 Å². The summed E-state index contributed by atoms with van der Waals surface area (Å²) < 4.78 is 25.7. The molecule has 0 saturated carbocycles. The minimum absolute atomic E-state index is 0.0131. The zero-order valence-electron chi connectivity index (χ0n) is 11.0. The lowest BCUT2D eigenvalue weighted by Crippen LogP contribution is -2.29. The van der Waals surface area contributed by atoms with Crippen molar-refractivity contribution >= 4 is 27.5 Å². The van der Waals surface area contributed by atoms with Gasteiger partial charge in [0.1, 0.15) is 0 Å². The number of nitrogens with one attached hydrogen (secondary N) is 2. The Morgan fingerprint density at radius 2 is 1.89 bits per heavy atom. The van der Waals surface area contributed by atoms with Gasteiger partial charge in [-0.05, 0) is 30.7 Å². The van der Waals surface area contributed by atoms with Crippen LogP contribution in [0, 0.1) is 6.92 Å². The summed E-state index contributed by atoms with van der Waals surface area (Å²) >= 11 is 0. The molecule has 6 nitrogen and oxygen atoms in total. The Kier molecular flexibility index (Phi) is 4.66. The standard InChI is InChI=1S/C12H16N2O4S/c1-4-12(16)14-19(17,18)10-5-6-11(8(2)7-10)13-9(3)15/h5-7H,4H2,1-3H3,(H,13,15)(H,14,16). The molecule has 104 valence electrons. The van der Waals surface area contributed by atoms with Crippen LogP contribution in [0.2, 0.25) is 0 Å². The van der Waals surface area contributed by atoms with Crippen LogP contribution in [0.25, 0.3) is 0 Å². The fraction of sp³-hybridized carbons (Fsp3) is 0.333. The SMILES string of the molecule is CCC(=O)NS(=O)(=O)c1ccc(NC(C)=O)c(C)c1. The molecule has 1 rings (SSSR count). The maximum atomic E-state index is 11.9. The number of benzene rings is 1. The van der Waals surface area contributed by atoms with Crippen molar-refractivity contribution < 1.29 is 18.0 Å². The van der Waals surface area contributed by atoms with Crippen LogP contribution in [-0.4, -0.2) is 20.2 Å². The molecule has 0 aliphatic rings. The molecule has 0 bridgehead atoms. The highest BCUT2D eigenvalue weighted by Gasteiger charge is 2.17. The molecule has 0 fully saturated rings. The van der Waals surface area contributed by atoms with Crippen LogP contribution >= 0.6 is 0 Å². The van der Waals surface area contributed by atoms with E-state index in [1.165, 1.54) is 25.1 Å². The van der Waals surface area contributed by atoms with Gasteiger partial charge >= 0.3 is 0 Å². The van der Waals surface area contributed by atoms with Crippen molar-refractivity contribution in [1.82, 2.24) is 4.72 Å². The van der Waals surface area contributed by atoms with Gasteiger partial charge in [0.15, 0.2) is 0 Å². The van der Waals surface area contributed by atoms with Crippen LogP contribution < -0.4 is 10.0 Å². The van der Waals surface area contributed by atoms with Crippen molar-refractivity contribution in [1.29, 1.82) is 0 Å². The van der Waals surface area contributed by atoms with Crippen LogP contribution in [0.15, 0.2) is 23.1 Å². The second-order valence-corrected chi connectivity index (χ2v) is 5.72. The van der Waals surface area contributed by atoms with Gasteiger partial charge in [-0.1, -0.05) is 6.92 Å². The van der Waals surface area contributed by atoms with Crippen LogP contribution in [-0.2, 0) is 19.6 Å². The number of hydrogen-bond donors (Lipinski definition) is 2. The lowest BCUT2D eigenvalue weighted by Gasteiger charge is -2.10. The van der Waals surface area contributed by atoms with Crippen LogP contribution in [0.5, 0.6) is 0 Å². The van der Waals surface area contributed by atoms with Gasteiger partial charge in [0.2, 0.25) is 11.8 Å². The lowest BCUT2D eigenvalue weighted by molar-refractivity contribution is -0.119. The van der Waals surface area contributed by atoms with Gasteiger partial charge < -0.3 is 5.32 Å². The van der Waals surface area contributed by atoms with E-state index >= 15 is 0 Å².